The van der Waals surface area contributed by atoms with Crippen LogP contribution in [0.2, 0.25) is 0 Å². The van der Waals surface area contributed by atoms with E-state index in [1.54, 1.807) is 0 Å². The summed E-state index contributed by atoms with van der Waals surface area (Å²) in [7, 11) is 0. The smallest absolute Gasteiger partial charge is 0.137 e. The summed E-state index contributed by atoms with van der Waals surface area (Å²) in [6.07, 6.45) is 1.10. The standard InChI is InChI=1S/C16H29N3S/c1-8-9-17-13-10-14(20-12(4)11(2)3)19-15(18-13)16(5,6)7/h10-12H,8-9H2,1-7H3,(H,17,18,19). The van der Waals surface area contributed by atoms with Crippen LogP contribution in [0, 0.1) is 5.92 Å². The van der Waals surface area contributed by atoms with Crippen LogP contribution in [0.3, 0.4) is 0 Å². The summed E-state index contributed by atoms with van der Waals surface area (Å²) in [5.74, 6) is 2.50. The summed E-state index contributed by atoms with van der Waals surface area (Å²) in [5.41, 5.74) is -0.0275. The van der Waals surface area contributed by atoms with Gasteiger partial charge in [-0.2, -0.15) is 0 Å². The first kappa shape index (κ1) is 17.3. The minimum absolute atomic E-state index is 0.0275. The Morgan fingerprint density at radius 3 is 2.35 bits per heavy atom. The lowest BCUT2D eigenvalue weighted by molar-refractivity contribution is 0.539. The van der Waals surface area contributed by atoms with Crippen LogP contribution in [0.15, 0.2) is 11.1 Å². The zero-order chi connectivity index (χ0) is 15.3. The maximum absolute atomic E-state index is 4.75. The first-order chi connectivity index (χ1) is 9.24. The molecule has 3 nitrogen and oxygen atoms in total. The highest BCUT2D eigenvalue weighted by molar-refractivity contribution is 7.99. The highest BCUT2D eigenvalue weighted by atomic mass is 32.2. The van der Waals surface area contributed by atoms with Crippen molar-refractivity contribution in [2.24, 2.45) is 5.92 Å². The molecule has 0 fully saturated rings. The van der Waals surface area contributed by atoms with Crippen molar-refractivity contribution in [3.63, 3.8) is 0 Å². The fraction of sp³-hybridized carbons (Fsp3) is 0.750. The van der Waals surface area contributed by atoms with Gasteiger partial charge in [-0.15, -0.1) is 11.8 Å². The fourth-order valence-electron chi connectivity index (χ4n) is 1.49. The molecule has 0 aromatic carbocycles. The fourth-order valence-corrected chi connectivity index (χ4v) is 2.46. The summed E-state index contributed by atoms with van der Waals surface area (Å²) in [6, 6.07) is 2.08. The summed E-state index contributed by atoms with van der Waals surface area (Å²) in [5, 5.41) is 5.01. The van der Waals surface area contributed by atoms with E-state index in [1.807, 2.05) is 11.8 Å². The molecule has 0 aliphatic rings. The number of nitrogens with one attached hydrogen (secondary N) is 1. The molecule has 1 aromatic rings. The van der Waals surface area contributed by atoms with E-state index in [2.05, 4.69) is 64.8 Å². The van der Waals surface area contributed by atoms with Crippen molar-refractivity contribution < 1.29 is 0 Å². The average Bonchev–Trinajstić information content (AvgIpc) is 2.34. The van der Waals surface area contributed by atoms with Gasteiger partial charge in [-0.1, -0.05) is 48.5 Å². The third-order valence-corrected chi connectivity index (χ3v) is 4.54. The number of aromatic nitrogens is 2. The van der Waals surface area contributed by atoms with E-state index >= 15 is 0 Å². The van der Waals surface area contributed by atoms with Gasteiger partial charge in [0.15, 0.2) is 0 Å². The predicted molar refractivity (Wildman–Crippen MR) is 89.7 cm³/mol. The van der Waals surface area contributed by atoms with Crippen LogP contribution in [-0.2, 0) is 5.41 Å². The van der Waals surface area contributed by atoms with Crippen LogP contribution in [-0.4, -0.2) is 21.8 Å². The van der Waals surface area contributed by atoms with Gasteiger partial charge in [0.1, 0.15) is 16.7 Å². The van der Waals surface area contributed by atoms with E-state index < -0.39 is 0 Å². The Bertz CT molecular complexity index is 424. The Morgan fingerprint density at radius 1 is 1.20 bits per heavy atom. The Labute approximate surface area is 128 Å². The van der Waals surface area contributed by atoms with Crippen molar-refractivity contribution in [3.8, 4) is 0 Å². The van der Waals surface area contributed by atoms with Gasteiger partial charge >= 0.3 is 0 Å². The molecular weight excluding hydrogens is 266 g/mol. The van der Waals surface area contributed by atoms with Crippen LogP contribution in [0.5, 0.6) is 0 Å². The molecule has 0 bridgehead atoms. The summed E-state index contributed by atoms with van der Waals surface area (Å²) < 4.78 is 0. The monoisotopic (exact) mass is 295 g/mol. The third kappa shape index (κ3) is 5.31. The van der Waals surface area contributed by atoms with Gasteiger partial charge in [0, 0.05) is 23.3 Å². The van der Waals surface area contributed by atoms with Gasteiger partial charge in [0.2, 0.25) is 0 Å². The van der Waals surface area contributed by atoms with E-state index in [9.17, 15) is 0 Å². The zero-order valence-electron chi connectivity index (χ0n) is 13.9. The molecule has 4 heteroatoms. The predicted octanol–water partition coefficient (Wildman–Crippen LogP) is 4.73. The van der Waals surface area contributed by atoms with Gasteiger partial charge in [0.25, 0.3) is 0 Å². The molecule has 1 unspecified atom stereocenters. The summed E-state index contributed by atoms with van der Waals surface area (Å²) in [6.45, 7) is 16.3. The Kier molecular flexibility index (Phi) is 6.31. The van der Waals surface area contributed by atoms with E-state index in [-0.39, 0.29) is 5.41 Å². The Hall–Kier alpha value is -0.770. The van der Waals surface area contributed by atoms with Crippen molar-refractivity contribution in [2.45, 2.75) is 70.6 Å². The lowest BCUT2D eigenvalue weighted by Gasteiger charge is -2.20. The SMILES string of the molecule is CCCNc1cc(SC(C)C(C)C)nc(C(C)(C)C)n1. The lowest BCUT2D eigenvalue weighted by Crippen LogP contribution is -2.18. The van der Waals surface area contributed by atoms with Crippen molar-refractivity contribution in [3.05, 3.63) is 11.9 Å². The van der Waals surface area contributed by atoms with Crippen LogP contribution in [0.4, 0.5) is 5.82 Å². The second-order valence-corrected chi connectivity index (χ2v) is 8.06. The molecular formula is C16H29N3S. The molecule has 0 spiro atoms. The Balaban J connectivity index is 3.03. The van der Waals surface area contributed by atoms with Crippen LogP contribution >= 0.6 is 11.8 Å². The lowest BCUT2D eigenvalue weighted by atomic mass is 9.96. The first-order valence-electron chi connectivity index (χ1n) is 7.54. The highest BCUT2D eigenvalue weighted by Crippen LogP contribution is 2.30. The van der Waals surface area contributed by atoms with Crippen molar-refractivity contribution in [1.29, 1.82) is 0 Å². The van der Waals surface area contributed by atoms with Crippen LogP contribution in [0.25, 0.3) is 0 Å². The van der Waals surface area contributed by atoms with E-state index in [0.717, 1.165) is 29.6 Å². The summed E-state index contributed by atoms with van der Waals surface area (Å²) in [4.78, 5) is 9.41. The number of anilines is 1. The number of hydrogen-bond donors (Lipinski definition) is 1. The van der Waals surface area contributed by atoms with Crippen molar-refractivity contribution >= 4 is 17.6 Å². The normalized spacial score (nSPS) is 13.6. The third-order valence-electron chi connectivity index (χ3n) is 3.18. The molecule has 1 heterocycles. The largest absolute Gasteiger partial charge is 0.370 e. The molecule has 0 saturated heterocycles. The second-order valence-electron chi connectivity index (χ2n) is 6.66. The van der Waals surface area contributed by atoms with Crippen molar-refractivity contribution in [1.82, 2.24) is 9.97 Å². The van der Waals surface area contributed by atoms with Gasteiger partial charge in [-0.05, 0) is 12.3 Å². The molecule has 0 saturated carbocycles. The van der Waals surface area contributed by atoms with Gasteiger partial charge in [0.05, 0.1) is 0 Å². The number of thioether (sulfide) groups is 1. The van der Waals surface area contributed by atoms with E-state index in [1.165, 1.54) is 0 Å². The molecule has 1 rings (SSSR count). The molecule has 1 N–H and O–H groups in total. The molecule has 0 radical (unpaired) electrons. The van der Waals surface area contributed by atoms with Gasteiger partial charge < -0.3 is 5.32 Å². The molecule has 0 aliphatic heterocycles. The maximum Gasteiger partial charge on any atom is 0.137 e. The average molecular weight is 295 g/mol. The zero-order valence-corrected chi connectivity index (χ0v) is 14.8. The molecule has 114 valence electrons. The number of nitrogens with zero attached hydrogens (tertiary/aromatic N) is 2. The van der Waals surface area contributed by atoms with Crippen molar-refractivity contribution in [2.75, 3.05) is 11.9 Å². The molecule has 1 atom stereocenters. The highest BCUT2D eigenvalue weighted by Gasteiger charge is 2.20. The van der Waals surface area contributed by atoms with Crippen LogP contribution < -0.4 is 5.32 Å². The molecule has 1 aromatic heterocycles. The first-order valence-corrected chi connectivity index (χ1v) is 8.42. The minimum atomic E-state index is -0.0275. The molecule has 0 aliphatic carbocycles. The minimum Gasteiger partial charge on any atom is -0.370 e. The van der Waals surface area contributed by atoms with E-state index in [4.69, 9.17) is 4.98 Å². The molecule has 0 amide bonds. The number of rotatable bonds is 6. The quantitative estimate of drug-likeness (QED) is 0.608. The summed E-state index contributed by atoms with van der Waals surface area (Å²) >= 11 is 1.84. The van der Waals surface area contributed by atoms with Gasteiger partial charge in [-0.3, -0.25) is 0 Å². The maximum atomic E-state index is 4.75. The van der Waals surface area contributed by atoms with Crippen LogP contribution in [0.1, 0.15) is 60.7 Å². The topological polar surface area (TPSA) is 37.8 Å². The second kappa shape index (κ2) is 7.30. The molecule has 20 heavy (non-hydrogen) atoms. The van der Waals surface area contributed by atoms with Gasteiger partial charge in [-0.25, -0.2) is 9.97 Å². The number of hydrogen-bond acceptors (Lipinski definition) is 4. The Morgan fingerprint density at radius 2 is 1.85 bits per heavy atom. The van der Waals surface area contributed by atoms with E-state index in [0.29, 0.717) is 11.2 Å².